The third-order valence-electron chi connectivity index (χ3n) is 6.90. The fourth-order valence-corrected chi connectivity index (χ4v) is 5.78. The summed E-state index contributed by atoms with van der Waals surface area (Å²) >= 11 is 0. The molecule has 0 saturated carbocycles. The number of carbonyl (C=O) groups excluding carboxylic acids is 2. The molecule has 42 heavy (non-hydrogen) atoms. The summed E-state index contributed by atoms with van der Waals surface area (Å²) in [5, 5.41) is 4.51. The molecule has 220 valence electrons. The highest BCUT2D eigenvalue weighted by Gasteiger charge is 2.33. The second-order valence-electron chi connectivity index (χ2n) is 10.5. The number of sulfonamides is 1. The van der Waals surface area contributed by atoms with Crippen LogP contribution in [0.25, 0.3) is 10.8 Å². The van der Waals surface area contributed by atoms with Crippen molar-refractivity contribution in [2.45, 2.75) is 38.9 Å². The minimum Gasteiger partial charge on any atom is -0.497 e. The average molecular weight is 588 g/mol. The van der Waals surface area contributed by atoms with Crippen LogP contribution >= 0.6 is 0 Å². The van der Waals surface area contributed by atoms with Gasteiger partial charge in [-0.15, -0.1) is 0 Å². The zero-order chi connectivity index (χ0) is 30.3. The summed E-state index contributed by atoms with van der Waals surface area (Å²) in [6.07, 6.45) is 1.34. The highest BCUT2D eigenvalue weighted by Crippen LogP contribution is 2.29. The molecule has 0 bridgehead atoms. The Morgan fingerprint density at radius 3 is 2.19 bits per heavy atom. The van der Waals surface area contributed by atoms with Crippen molar-refractivity contribution in [3.8, 4) is 5.75 Å². The number of carbonyl (C=O) groups is 2. The summed E-state index contributed by atoms with van der Waals surface area (Å²) in [5.41, 5.74) is 2.02. The second kappa shape index (κ2) is 13.5. The molecular formula is C33H37N3O5S. The standard InChI is InChI=1S/C33H37N3O5S/c1-24(2)34-33(38)31(21-25-12-6-5-7-13-25)35(22-26-14-10-17-28(20-26)41-3)32(37)23-36(42(4,39)40)30-19-11-16-27-15-8-9-18-29(27)30/h5-20,24,31H,21-23H2,1-4H3,(H,34,38)/t31-/m1/s1. The molecule has 4 aromatic carbocycles. The minimum absolute atomic E-state index is 0.0756. The Hall–Kier alpha value is -4.37. The van der Waals surface area contributed by atoms with Crippen molar-refractivity contribution < 1.29 is 22.7 Å². The quantitative estimate of drug-likeness (QED) is 0.257. The maximum Gasteiger partial charge on any atom is 0.244 e. The molecule has 4 aromatic rings. The van der Waals surface area contributed by atoms with E-state index >= 15 is 0 Å². The maximum absolute atomic E-state index is 14.3. The van der Waals surface area contributed by atoms with E-state index < -0.39 is 28.5 Å². The molecule has 0 fully saturated rings. The lowest BCUT2D eigenvalue weighted by atomic mass is 10.0. The van der Waals surface area contributed by atoms with Crippen LogP contribution in [0.15, 0.2) is 97.1 Å². The number of rotatable bonds is 12. The van der Waals surface area contributed by atoms with Gasteiger partial charge in [0, 0.05) is 24.4 Å². The first-order valence-electron chi connectivity index (χ1n) is 13.8. The first-order valence-corrected chi connectivity index (χ1v) is 15.6. The molecule has 9 heteroatoms. The van der Waals surface area contributed by atoms with E-state index in [9.17, 15) is 18.0 Å². The van der Waals surface area contributed by atoms with E-state index in [0.717, 1.165) is 27.1 Å². The van der Waals surface area contributed by atoms with Crippen molar-refractivity contribution in [3.05, 3.63) is 108 Å². The van der Waals surface area contributed by atoms with Gasteiger partial charge in [-0.2, -0.15) is 0 Å². The summed E-state index contributed by atoms with van der Waals surface area (Å²) in [6, 6.07) is 28.4. The molecule has 0 spiro atoms. The average Bonchev–Trinajstić information content (AvgIpc) is 2.97. The molecule has 0 aliphatic rings. The number of methoxy groups -OCH3 is 1. The number of amides is 2. The number of benzene rings is 4. The fraction of sp³-hybridized carbons (Fsp3) is 0.273. The Kier molecular flexibility index (Phi) is 9.85. The fourth-order valence-electron chi connectivity index (χ4n) is 4.92. The van der Waals surface area contributed by atoms with Crippen LogP contribution in [0.3, 0.4) is 0 Å². The lowest BCUT2D eigenvalue weighted by Crippen LogP contribution is -2.54. The predicted octanol–water partition coefficient (Wildman–Crippen LogP) is 4.78. The Labute approximate surface area is 248 Å². The summed E-state index contributed by atoms with van der Waals surface area (Å²) in [5.74, 6) is -0.211. The molecule has 0 aromatic heterocycles. The van der Waals surface area contributed by atoms with Crippen molar-refractivity contribution in [3.63, 3.8) is 0 Å². The summed E-state index contributed by atoms with van der Waals surface area (Å²) < 4.78 is 32.9. The number of fused-ring (bicyclic) bond motifs is 1. The normalized spacial score (nSPS) is 12.1. The monoisotopic (exact) mass is 587 g/mol. The first kappa shape index (κ1) is 30.6. The van der Waals surface area contributed by atoms with Crippen molar-refractivity contribution in [1.29, 1.82) is 0 Å². The summed E-state index contributed by atoms with van der Waals surface area (Å²) in [4.78, 5) is 29.5. The van der Waals surface area contributed by atoms with Gasteiger partial charge in [0.2, 0.25) is 21.8 Å². The number of anilines is 1. The molecule has 0 saturated heterocycles. The van der Waals surface area contributed by atoms with Crippen LogP contribution < -0.4 is 14.4 Å². The van der Waals surface area contributed by atoms with E-state index in [1.807, 2.05) is 86.6 Å². The third kappa shape index (κ3) is 7.67. The van der Waals surface area contributed by atoms with Gasteiger partial charge in [-0.05, 0) is 48.6 Å². The van der Waals surface area contributed by atoms with Crippen LogP contribution in [0.2, 0.25) is 0 Å². The van der Waals surface area contributed by atoms with Crippen molar-refractivity contribution >= 4 is 38.3 Å². The summed E-state index contributed by atoms with van der Waals surface area (Å²) in [6.45, 7) is 3.32. The topological polar surface area (TPSA) is 96.0 Å². The van der Waals surface area contributed by atoms with Gasteiger partial charge < -0.3 is 15.0 Å². The van der Waals surface area contributed by atoms with Crippen LogP contribution in [0, 0.1) is 0 Å². The Balaban J connectivity index is 1.79. The van der Waals surface area contributed by atoms with Crippen molar-refractivity contribution in [2.75, 3.05) is 24.2 Å². The molecule has 2 amide bonds. The van der Waals surface area contributed by atoms with Gasteiger partial charge in [-0.25, -0.2) is 8.42 Å². The molecule has 0 heterocycles. The SMILES string of the molecule is COc1cccc(CN(C(=O)CN(c2cccc3ccccc23)S(C)(=O)=O)[C@H](Cc2ccccc2)C(=O)NC(C)C)c1. The minimum atomic E-state index is -3.88. The van der Waals surface area contributed by atoms with Crippen LogP contribution in [0.5, 0.6) is 5.75 Å². The van der Waals surface area contributed by atoms with Crippen molar-refractivity contribution in [2.24, 2.45) is 0 Å². The van der Waals surface area contributed by atoms with Crippen LogP contribution in [-0.4, -0.2) is 57.1 Å². The Morgan fingerprint density at radius 2 is 1.50 bits per heavy atom. The molecule has 8 nitrogen and oxygen atoms in total. The lowest BCUT2D eigenvalue weighted by molar-refractivity contribution is -0.140. The maximum atomic E-state index is 14.3. The molecule has 4 rings (SSSR count). The number of ether oxygens (including phenoxy) is 1. The second-order valence-corrected chi connectivity index (χ2v) is 12.4. The molecule has 0 unspecified atom stereocenters. The zero-order valence-electron chi connectivity index (χ0n) is 24.4. The van der Waals surface area contributed by atoms with E-state index in [-0.39, 0.29) is 24.9 Å². The van der Waals surface area contributed by atoms with Crippen LogP contribution in [-0.2, 0) is 32.6 Å². The molecule has 1 N–H and O–H groups in total. The molecule has 0 aliphatic carbocycles. The van der Waals surface area contributed by atoms with E-state index in [1.165, 1.54) is 4.90 Å². The van der Waals surface area contributed by atoms with Gasteiger partial charge >= 0.3 is 0 Å². The molecule has 0 aliphatic heterocycles. The Bertz CT molecular complexity index is 1630. The number of nitrogens with zero attached hydrogens (tertiary/aromatic N) is 2. The molecule has 0 radical (unpaired) electrons. The molecule has 1 atom stereocenters. The molecular weight excluding hydrogens is 550 g/mol. The number of hydrogen-bond acceptors (Lipinski definition) is 5. The predicted molar refractivity (Wildman–Crippen MR) is 167 cm³/mol. The van der Waals surface area contributed by atoms with E-state index in [2.05, 4.69) is 5.32 Å². The number of hydrogen-bond donors (Lipinski definition) is 1. The van der Waals surface area contributed by atoms with Gasteiger partial charge in [0.1, 0.15) is 18.3 Å². The van der Waals surface area contributed by atoms with Gasteiger partial charge in [-0.1, -0.05) is 78.9 Å². The van der Waals surface area contributed by atoms with Gasteiger partial charge in [-0.3, -0.25) is 13.9 Å². The van der Waals surface area contributed by atoms with E-state index in [1.54, 1.807) is 31.4 Å². The largest absolute Gasteiger partial charge is 0.497 e. The summed E-state index contributed by atoms with van der Waals surface area (Å²) in [7, 11) is -2.32. The highest BCUT2D eigenvalue weighted by atomic mass is 32.2. The van der Waals surface area contributed by atoms with Crippen LogP contribution in [0.1, 0.15) is 25.0 Å². The number of nitrogens with one attached hydrogen (secondary N) is 1. The van der Waals surface area contributed by atoms with E-state index in [0.29, 0.717) is 16.8 Å². The smallest absolute Gasteiger partial charge is 0.244 e. The Morgan fingerprint density at radius 1 is 0.857 bits per heavy atom. The third-order valence-corrected chi connectivity index (χ3v) is 8.03. The zero-order valence-corrected chi connectivity index (χ0v) is 25.2. The lowest BCUT2D eigenvalue weighted by Gasteiger charge is -2.34. The van der Waals surface area contributed by atoms with Gasteiger partial charge in [0.15, 0.2) is 0 Å². The van der Waals surface area contributed by atoms with E-state index in [4.69, 9.17) is 4.74 Å². The first-order chi connectivity index (χ1) is 20.1. The van der Waals surface area contributed by atoms with Crippen molar-refractivity contribution in [1.82, 2.24) is 10.2 Å². The van der Waals surface area contributed by atoms with Crippen LogP contribution in [0.4, 0.5) is 5.69 Å². The van der Waals surface area contributed by atoms with Gasteiger partial charge in [0.25, 0.3) is 0 Å². The highest BCUT2D eigenvalue weighted by molar-refractivity contribution is 7.92. The van der Waals surface area contributed by atoms with Gasteiger partial charge in [0.05, 0.1) is 19.1 Å².